The molecule has 0 unspecified atom stereocenters. The second-order valence-electron chi connectivity index (χ2n) is 5.30. The van der Waals surface area contributed by atoms with Gasteiger partial charge in [-0.1, -0.05) is 26.8 Å². The first kappa shape index (κ1) is 15.3. The molecular weight excluding hydrogens is 226 g/mol. The number of nitrogens with two attached hydrogens (primary N) is 1. The van der Waals surface area contributed by atoms with Gasteiger partial charge in [0, 0.05) is 30.5 Å². The van der Waals surface area contributed by atoms with E-state index in [0.717, 1.165) is 11.7 Å². The highest BCUT2D eigenvalue weighted by molar-refractivity contribution is 7.93. The fourth-order valence-electron chi connectivity index (χ4n) is 1.24. The van der Waals surface area contributed by atoms with E-state index in [9.17, 15) is 13.2 Å². The van der Waals surface area contributed by atoms with Gasteiger partial charge in [-0.15, -0.1) is 0 Å². The predicted molar refractivity (Wildman–Crippen MR) is 65.7 cm³/mol. The van der Waals surface area contributed by atoms with Crippen molar-refractivity contribution in [3.05, 3.63) is 11.5 Å². The summed E-state index contributed by atoms with van der Waals surface area (Å²) in [6.45, 7) is 5.92. The van der Waals surface area contributed by atoms with Crippen molar-refractivity contribution in [3.63, 3.8) is 0 Å². The molecule has 5 heteroatoms. The minimum Gasteiger partial charge on any atom is -0.324 e. The topological polar surface area (TPSA) is 77.2 Å². The summed E-state index contributed by atoms with van der Waals surface area (Å²) in [6, 6.07) is -0.524. The van der Waals surface area contributed by atoms with E-state index in [1.165, 1.54) is 6.08 Å². The number of carbonyl (C=O) groups is 1. The van der Waals surface area contributed by atoms with Crippen molar-refractivity contribution in [2.75, 3.05) is 6.26 Å². The maximum atomic E-state index is 11.5. The van der Waals surface area contributed by atoms with Crippen LogP contribution in [-0.4, -0.2) is 26.5 Å². The maximum absolute atomic E-state index is 11.5. The summed E-state index contributed by atoms with van der Waals surface area (Å²) in [6.07, 6.45) is 3.08. The molecule has 0 fully saturated rings. The third kappa shape index (κ3) is 9.86. The zero-order valence-corrected chi connectivity index (χ0v) is 11.2. The van der Waals surface area contributed by atoms with Crippen LogP contribution in [0.15, 0.2) is 11.5 Å². The molecular formula is C11H21NO3S. The van der Waals surface area contributed by atoms with Crippen LogP contribution in [0, 0.1) is 5.41 Å². The monoisotopic (exact) mass is 247 g/mol. The fraction of sp³-hybridized carbons (Fsp3) is 0.727. The number of hydrogen-bond acceptors (Lipinski definition) is 4. The second-order valence-corrected chi connectivity index (χ2v) is 7.23. The zero-order chi connectivity index (χ0) is 13.0. The molecule has 0 rings (SSSR count). The molecule has 0 amide bonds. The van der Waals surface area contributed by atoms with Crippen molar-refractivity contribution in [2.24, 2.45) is 11.1 Å². The summed E-state index contributed by atoms with van der Waals surface area (Å²) < 4.78 is 21.6. The van der Waals surface area contributed by atoms with Crippen LogP contribution in [0.1, 0.15) is 33.6 Å². The molecule has 0 radical (unpaired) electrons. The van der Waals surface area contributed by atoms with Crippen LogP contribution in [0.2, 0.25) is 0 Å². The van der Waals surface area contributed by atoms with Gasteiger partial charge in [-0.3, -0.25) is 4.79 Å². The van der Waals surface area contributed by atoms with Gasteiger partial charge in [-0.2, -0.15) is 0 Å². The summed E-state index contributed by atoms with van der Waals surface area (Å²) in [5.41, 5.74) is 5.57. The normalized spacial score (nSPS) is 15.3. The Bertz CT molecular complexity index is 363. The minimum atomic E-state index is -3.16. The molecule has 0 saturated heterocycles. The molecule has 4 nitrogen and oxygen atoms in total. The van der Waals surface area contributed by atoms with Crippen molar-refractivity contribution in [1.29, 1.82) is 0 Å². The molecule has 0 bridgehead atoms. The van der Waals surface area contributed by atoms with Crippen LogP contribution >= 0.6 is 0 Å². The Labute approximate surface area is 97.8 Å². The molecule has 0 saturated carbocycles. The Morgan fingerprint density at radius 1 is 1.38 bits per heavy atom. The number of ketones is 1. The summed E-state index contributed by atoms with van der Waals surface area (Å²) in [4.78, 5) is 11.5. The largest absolute Gasteiger partial charge is 0.324 e. The first-order valence-electron chi connectivity index (χ1n) is 5.15. The molecule has 0 spiro atoms. The second kappa shape index (κ2) is 5.59. The maximum Gasteiger partial charge on any atom is 0.168 e. The summed E-state index contributed by atoms with van der Waals surface area (Å²) in [5, 5.41) is 1.04. The van der Waals surface area contributed by atoms with Gasteiger partial charge >= 0.3 is 0 Å². The van der Waals surface area contributed by atoms with E-state index in [2.05, 4.69) is 0 Å². The smallest absolute Gasteiger partial charge is 0.168 e. The molecule has 0 aliphatic rings. The molecule has 2 N–H and O–H groups in total. The lowest BCUT2D eigenvalue weighted by Crippen LogP contribution is -2.24. The summed E-state index contributed by atoms with van der Waals surface area (Å²) >= 11 is 0. The van der Waals surface area contributed by atoms with Crippen LogP contribution in [0.4, 0.5) is 0 Å². The van der Waals surface area contributed by atoms with Crippen LogP contribution in [0.5, 0.6) is 0 Å². The molecule has 0 heterocycles. The molecule has 1 atom stereocenters. The molecule has 0 aromatic rings. The van der Waals surface area contributed by atoms with Crippen molar-refractivity contribution in [3.8, 4) is 0 Å². The van der Waals surface area contributed by atoms with Crippen molar-refractivity contribution >= 4 is 15.6 Å². The molecule has 0 aliphatic carbocycles. The third-order valence-electron chi connectivity index (χ3n) is 1.76. The highest BCUT2D eigenvalue weighted by Crippen LogP contribution is 2.19. The first-order valence-corrected chi connectivity index (χ1v) is 7.10. The lowest BCUT2D eigenvalue weighted by molar-refractivity contribution is -0.120. The Kier molecular flexibility index (Phi) is 5.35. The molecule has 0 aromatic heterocycles. The van der Waals surface area contributed by atoms with Crippen molar-refractivity contribution in [1.82, 2.24) is 0 Å². The molecule has 0 aliphatic heterocycles. The van der Waals surface area contributed by atoms with Gasteiger partial charge in [0.1, 0.15) is 5.78 Å². The third-order valence-corrected chi connectivity index (χ3v) is 2.42. The van der Waals surface area contributed by atoms with E-state index in [4.69, 9.17) is 5.73 Å². The van der Waals surface area contributed by atoms with Crippen LogP contribution < -0.4 is 5.73 Å². The average molecular weight is 247 g/mol. The Morgan fingerprint density at radius 2 is 1.88 bits per heavy atom. The Hall–Kier alpha value is -0.680. The lowest BCUT2D eigenvalue weighted by Gasteiger charge is -2.17. The number of rotatable bonds is 5. The van der Waals surface area contributed by atoms with E-state index in [0.29, 0.717) is 6.42 Å². The average Bonchev–Trinajstić information content (AvgIpc) is 1.95. The number of carbonyl (C=O) groups excluding carboxylic acids is 1. The molecule has 0 aromatic carbocycles. The predicted octanol–water partition coefficient (Wildman–Crippen LogP) is 1.27. The van der Waals surface area contributed by atoms with Gasteiger partial charge < -0.3 is 5.73 Å². The lowest BCUT2D eigenvalue weighted by atomic mass is 9.88. The number of sulfone groups is 1. The van der Waals surface area contributed by atoms with Crippen molar-refractivity contribution in [2.45, 2.75) is 39.7 Å². The Balaban J connectivity index is 4.22. The SMILES string of the molecule is CC(C)(C)CC(=O)C[C@H](N)/C=C/S(C)(=O)=O. The molecule has 94 valence electrons. The quantitative estimate of drug-likeness (QED) is 0.793. The summed E-state index contributed by atoms with van der Waals surface area (Å²) in [7, 11) is -3.16. The highest BCUT2D eigenvalue weighted by Gasteiger charge is 2.17. The number of Topliss-reactive ketones (excluding diaryl/α,β-unsaturated/α-hetero) is 1. The highest BCUT2D eigenvalue weighted by atomic mass is 32.2. The van der Waals surface area contributed by atoms with Gasteiger partial charge in [0.25, 0.3) is 0 Å². The van der Waals surface area contributed by atoms with E-state index >= 15 is 0 Å². The van der Waals surface area contributed by atoms with Crippen LogP contribution in [-0.2, 0) is 14.6 Å². The first-order chi connectivity index (χ1) is 6.99. The fourth-order valence-corrected chi connectivity index (χ4v) is 1.73. The van der Waals surface area contributed by atoms with E-state index < -0.39 is 15.9 Å². The van der Waals surface area contributed by atoms with E-state index in [1.807, 2.05) is 20.8 Å². The van der Waals surface area contributed by atoms with Gasteiger partial charge in [-0.05, 0) is 5.41 Å². The van der Waals surface area contributed by atoms with Crippen molar-refractivity contribution < 1.29 is 13.2 Å². The van der Waals surface area contributed by atoms with E-state index in [1.54, 1.807) is 0 Å². The van der Waals surface area contributed by atoms with Crippen LogP contribution in [0.25, 0.3) is 0 Å². The Morgan fingerprint density at radius 3 is 2.25 bits per heavy atom. The van der Waals surface area contributed by atoms with E-state index in [-0.39, 0.29) is 17.6 Å². The molecule has 16 heavy (non-hydrogen) atoms. The number of hydrogen-bond donors (Lipinski definition) is 1. The van der Waals surface area contributed by atoms with Gasteiger partial charge in [0.2, 0.25) is 0 Å². The zero-order valence-electron chi connectivity index (χ0n) is 10.4. The summed E-state index contributed by atoms with van der Waals surface area (Å²) in [5.74, 6) is 0.0538. The van der Waals surface area contributed by atoms with Gasteiger partial charge in [-0.25, -0.2) is 8.42 Å². The minimum absolute atomic E-state index is 0.0538. The van der Waals surface area contributed by atoms with Gasteiger partial charge in [0.15, 0.2) is 9.84 Å². The standard InChI is InChI=1S/C11H21NO3S/c1-11(2,3)8-10(13)7-9(12)5-6-16(4,14)15/h5-6,9H,7-8,12H2,1-4H3/b6-5+/t9-/m1/s1. The van der Waals surface area contributed by atoms with Gasteiger partial charge in [0.05, 0.1) is 0 Å². The van der Waals surface area contributed by atoms with Crippen LogP contribution in [0.3, 0.4) is 0 Å².